The predicted molar refractivity (Wildman–Crippen MR) is 89.0 cm³/mol. The van der Waals surface area contributed by atoms with Crippen molar-refractivity contribution in [1.29, 1.82) is 0 Å². The van der Waals surface area contributed by atoms with Crippen molar-refractivity contribution in [3.05, 3.63) is 28.2 Å². The summed E-state index contributed by atoms with van der Waals surface area (Å²) in [6.07, 6.45) is 4.91. The van der Waals surface area contributed by atoms with Gasteiger partial charge in [-0.1, -0.05) is 13.3 Å². The van der Waals surface area contributed by atoms with E-state index in [0.717, 1.165) is 25.7 Å². The van der Waals surface area contributed by atoms with E-state index in [1.54, 1.807) is 37.4 Å². The van der Waals surface area contributed by atoms with Crippen LogP contribution in [-0.2, 0) is 10.3 Å². The van der Waals surface area contributed by atoms with Gasteiger partial charge < -0.3 is 14.0 Å². The fourth-order valence-corrected chi connectivity index (χ4v) is 3.44. The maximum atomic E-state index is 13.1. The molecule has 3 rings (SSSR count). The molecule has 0 radical (unpaired) electrons. The minimum absolute atomic E-state index is 0.156. The van der Waals surface area contributed by atoms with Crippen LogP contribution in [-0.4, -0.2) is 54.5 Å². The number of carbonyl (C=O) groups is 1. The Labute approximate surface area is 141 Å². The van der Waals surface area contributed by atoms with Crippen LogP contribution < -0.4 is 10.2 Å². The van der Waals surface area contributed by atoms with E-state index in [2.05, 4.69) is 6.92 Å². The number of unbranched alkanes of at least 4 members (excludes halogenated alkanes) is 1. The van der Waals surface area contributed by atoms with Gasteiger partial charge >= 0.3 is 0 Å². The van der Waals surface area contributed by atoms with Crippen molar-refractivity contribution in [2.75, 3.05) is 27.8 Å². The molecule has 2 aliphatic rings. The van der Waals surface area contributed by atoms with Crippen LogP contribution in [0.15, 0.2) is 17.1 Å². The van der Waals surface area contributed by atoms with E-state index in [0.29, 0.717) is 12.3 Å². The molecule has 1 aromatic rings. The first kappa shape index (κ1) is 17.0. The second-order valence-electron chi connectivity index (χ2n) is 6.62. The van der Waals surface area contributed by atoms with Crippen molar-refractivity contribution in [2.45, 2.75) is 44.4 Å². The molecule has 132 valence electrons. The summed E-state index contributed by atoms with van der Waals surface area (Å²) in [6, 6.07) is 1.48. The summed E-state index contributed by atoms with van der Waals surface area (Å²) >= 11 is 0. The lowest BCUT2D eigenvalue weighted by atomic mass is 10.1. The number of fused-ring (bicyclic) bond motifs is 2. The molecule has 1 aromatic heterocycles. The molecule has 2 heterocycles. The van der Waals surface area contributed by atoms with E-state index in [9.17, 15) is 9.59 Å². The quantitative estimate of drug-likeness (QED) is 0.736. The first-order valence-electron chi connectivity index (χ1n) is 8.40. The van der Waals surface area contributed by atoms with Gasteiger partial charge in [0.1, 0.15) is 0 Å². The third kappa shape index (κ3) is 2.43. The Hall–Kier alpha value is -1.86. The van der Waals surface area contributed by atoms with Gasteiger partial charge in [-0.25, -0.2) is 10.0 Å². The number of hydrogen-bond acceptors (Lipinski definition) is 5. The first-order valence-corrected chi connectivity index (χ1v) is 8.40. The average Bonchev–Trinajstić information content (AvgIpc) is 3.33. The van der Waals surface area contributed by atoms with E-state index in [4.69, 9.17) is 9.47 Å². The predicted octanol–water partition coefficient (Wildman–Crippen LogP) is 1.42. The highest BCUT2D eigenvalue weighted by Gasteiger charge is 2.60. The Morgan fingerprint density at radius 2 is 2.04 bits per heavy atom. The van der Waals surface area contributed by atoms with Gasteiger partial charge in [-0.2, -0.15) is 0 Å². The third-order valence-electron chi connectivity index (χ3n) is 4.79. The number of amides is 1. The molecule has 1 unspecified atom stereocenters. The number of hydrogen-bond donors (Lipinski definition) is 0. The van der Waals surface area contributed by atoms with Crippen LogP contribution >= 0.6 is 0 Å². The Bertz CT molecular complexity index is 694. The largest absolute Gasteiger partial charge is 0.487 e. The van der Waals surface area contributed by atoms with Gasteiger partial charge in [0.15, 0.2) is 17.7 Å². The van der Waals surface area contributed by atoms with E-state index in [1.165, 1.54) is 6.07 Å². The summed E-state index contributed by atoms with van der Waals surface area (Å²) in [6.45, 7) is 2.48. The molecule has 1 aliphatic carbocycles. The maximum Gasteiger partial charge on any atom is 0.291 e. The average molecular weight is 335 g/mol. The third-order valence-corrected chi connectivity index (χ3v) is 4.79. The summed E-state index contributed by atoms with van der Waals surface area (Å²) in [5.41, 5.74) is -0.243. The van der Waals surface area contributed by atoms with Crippen LogP contribution in [0.4, 0.5) is 0 Å². The van der Waals surface area contributed by atoms with E-state index >= 15 is 0 Å². The Kier molecular flexibility index (Phi) is 4.40. The molecule has 1 amide bonds. The number of carbonyl (C=O) groups excluding carboxylic acids is 1. The molecule has 1 saturated carbocycles. The Balaban J connectivity index is 2.13. The van der Waals surface area contributed by atoms with E-state index in [1.807, 2.05) is 4.57 Å². The van der Waals surface area contributed by atoms with Crippen molar-refractivity contribution in [1.82, 2.24) is 14.6 Å². The second-order valence-corrected chi connectivity index (χ2v) is 6.62. The van der Waals surface area contributed by atoms with Gasteiger partial charge in [-0.15, -0.1) is 0 Å². The number of pyridine rings is 1. The minimum atomic E-state index is -0.390. The summed E-state index contributed by atoms with van der Waals surface area (Å²) in [5.74, 6) is -0.114. The lowest BCUT2D eigenvalue weighted by molar-refractivity contribution is -0.142. The van der Waals surface area contributed by atoms with Crippen molar-refractivity contribution in [3.8, 4) is 5.75 Å². The Morgan fingerprint density at radius 1 is 1.33 bits per heavy atom. The highest BCUT2D eigenvalue weighted by Crippen LogP contribution is 2.52. The molecule has 7 nitrogen and oxygen atoms in total. The van der Waals surface area contributed by atoms with Crippen LogP contribution in [0.3, 0.4) is 0 Å². The number of ether oxygens (including phenoxy) is 2. The number of hydrazine groups is 1. The fraction of sp³-hybridized carbons (Fsp3) is 0.647. The molecule has 1 aliphatic heterocycles. The van der Waals surface area contributed by atoms with Crippen molar-refractivity contribution >= 4 is 5.91 Å². The zero-order valence-electron chi connectivity index (χ0n) is 14.7. The molecule has 1 fully saturated rings. The normalized spacial score (nSPS) is 21.3. The van der Waals surface area contributed by atoms with Crippen LogP contribution in [0.1, 0.15) is 43.1 Å². The first-order chi connectivity index (χ1) is 11.5. The van der Waals surface area contributed by atoms with Crippen LogP contribution in [0.2, 0.25) is 0 Å². The highest BCUT2D eigenvalue weighted by molar-refractivity contribution is 5.96. The van der Waals surface area contributed by atoms with Crippen molar-refractivity contribution < 1.29 is 14.3 Å². The maximum absolute atomic E-state index is 13.1. The molecule has 7 heteroatoms. The van der Waals surface area contributed by atoms with Gasteiger partial charge in [0, 0.05) is 33.5 Å². The van der Waals surface area contributed by atoms with E-state index in [-0.39, 0.29) is 22.6 Å². The van der Waals surface area contributed by atoms with Crippen molar-refractivity contribution in [3.63, 3.8) is 0 Å². The Morgan fingerprint density at radius 3 is 2.58 bits per heavy atom. The topological polar surface area (TPSA) is 64.0 Å². The zero-order chi connectivity index (χ0) is 17.5. The van der Waals surface area contributed by atoms with Crippen LogP contribution in [0.25, 0.3) is 0 Å². The number of nitrogens with zero attached hydrogens (tertiary/aromatic N) is 3. The summed E-state index contributed by atoms with van der Waals surface area (Å²) < 4.78 is 13.3. The smallest absolute Gasteiger partial charge is 0.291 e. The monoisotopic (exact) mass is 335 g/mol. The summed E-state index contributed by atoms with van der Waals surface area (Å²) in [7, 11) is 5.21. The number of methoxy groups -OCH3 is 1. The molecular weight excluding hydrogens is 310 g/mol. The molecule has 1 spiro atoms. The summed E-state index contributed by atoms with van der Waals surface area (Å²) in [4.78, 5) is 25.4. The lowest BCUT2D eigenvalue weighted by Crippen LogP contribution is -2.60. The molecule has 24 heavy (non-hydrogen) atoms. The molecule has 0 N–H and O–H groups in total. The highest BCUT2D eigenvalue weighted by atomic mass is 16.5. The van der Waals surface area contributed by atoms with Gasteiger partial charge in [0.05, 0.1) is 12.1 Å². The summed E-state index contributed by atoms with van der Waals surface area (Å²) in [5, 5.41) is 3.29. The molecule has 0 aromatic carbocycles. The second kappa shape index (κ2) is 6.22. The number of aromatic nitrogens is 1. The van der Waals surface area contributed by atoms with Crippen LogP contribution in [0.5, 0.6) is 5.75 Å². The molecule has 1 atom stereocenters. The molecule has 0 saturated heterocycles. The molecule has 0 bridgehead atoms. The lowest BCUT2D eigenvalue weighted by Gasteiger charge is -2.45. The standard InChI is InChI=1S/C17H25N3O4/c1-5-6-11-24-14-12(21)7-10-19-13(14)15(22)20(18(2)3)16(23-4)17(19)8-9-17/h7,10,16H,5-6,8-9,11H2,1-4H3. The van der Waals surface area contributed by atoms with Crippen LogP contribution in [0, 0.1) is 0 Å². The van der Waals surface area contributed by atoms with Crippen molar-refractivity contribution in [2.24, 2.45) is 0 Å². The SMILES string of the molecule is CCCCOc1c2n(ccc1=O)C1(CC1)C(OC)N(N(C)C)C2=O. The number of rotatable bonds is 6. The van der Waals surface area contributed by atoms with Gasteiger partial charge in [-0.05, 0) is 19.3 Å². The van der Waals surface area contributed by atoms with Gasteiger partial charge in [-0.3, -0.25) is 9.59 Å². The fourth-order valence-electron chi connectivity index (χ4n) is 3.44. The van der Waals surface area contributed by atoms with Gasteiger partial charge in [0.25, 0.3) is 5.91 Å². The van der Waals surface area contributed by atoms with E-state index < -0.39 is 6.23 Å². The minimum Gasteiger partial charge on any atom is -0.487 e. The zero-order valence-corrected chi connectivity index (χ0v) is 14.7. The molecular formula is C17H25N3O4. The van der Waals surface area contributed by atoms with Gasteiger partial charge in [0.2, 0.25) is 5.43 Å².